The van der Waals surface area contributed by atoms with Crippen LogP contribution < -0.4 is 0 Å². The highest BCUT2D eigenvalue weighted by molar-refractivity contribution is 6.17. The van der Waals surface area contributed by atoms with E-state index in [2.05, 4.69) is 47.9 Å². The Morgan fingerprint density at radius 2 is 2.00 bits per heavy atom. The predicted molar refractivity (Wildman–Crippen MR) is 76.1 cm³/mol. The van der Waals surface area contributed by atoms with Crippen molar-refractivity contribution in [3.8, 4) is 0 Å². The van der Waals surface area contributed by atoms with E-state index in [4.69, 9.17) is 11.6 Å². The molecule has 0 saturated heterocycles. The van der Waals surface area contributed by atoms with Crippen molar-refractivity contribution in [3.63, 3.8) is 0 Å². The first-order valence-electron chi connectivity index (χ1n) is 6.40. The molecule has 0 amide bonds. The van der Waals surface area contributed by atoms with Crippen LogP contribution in [0.1, 0.15) is 35.7 Å². The molecule has 0 N–H and O–H groups in total. The molecule has 0 saturated carbocycles. The first-order valence-corrected chi connectivity index (χ1v) is 6.93. The van der Waals surface area contributed by atoms with Gasteiger partial charge in [-0.05, 0) is 24.5 Å². The van der Waals surface area contributed by atoms with E-state index < -0.39 is 0 Å². The zero-order valence-electron chi connectivity index (χ0n) is 11.0. The molecule has 0 spiro atoms. The van der Waals surface area contributed by atoms with Crippen molar-refractivity contribution in [1.29, 1.82) is 0 Å². The highest BCUT2D eigenvalue weighted by Gasteiger charge is 2.10. The van der Waals surface area contributed by atoms with Crippen LogP contribution in [-0.2, 0) is 18.8 Å². The molecule has 2 nitrogen and oxygen atoms in total. The van der Waals surface area contributed by atoms with Gasteiger partial charge >= 0.3 is 0 Å². The van der Waals surface area contributed by atoms with E-state index >= 15 is 0 Å². The number of hydrogen-bond acceptors (Lipinski definition) is 1. The summed E-state index contributed by atoms with van der Waals surface area (Å²) < 4.78 is 2.09. The minimum Gasteiger partial charge on any atom is -0.265 e. The average Bonchev–Trinajstić information content (AvgIpc) is 2.75. The normalized spacial score (nSPS) is 10.8. The second-order valence-corrected chi connectivity index (χ2v) is 4.85. The summed E-state index contributed by atoms with van der Waals surface area (Å²) in [5.74, 6) is 0.545. The van der Waals surface area contributed by atoms with Gasteiger partial charge in [-0.15, -0.1) is 11.6 Å². The quantitative estimate of drug-likeness (QED) is 0.747. The van der Waals surface area contributed by atoms with Crippen LogP contribution in [0.5, 0.6) is 0 Å². The van der Waals surface area contributed by atoms with Crippen LogP contribution in [0.3, 0.4) is 0 Å². The molecular formula is C15H19ClN2. The number of halogens is 1. The molecule has 0 radical (unpaired) electrons. The SMILES string of the molecule is CCCc1c(CCl)cnn1Cc1ccccc1C. The maximum atomic E-state index is 5.96. The molecule has 2 rings (SSSR count). The van der Waals surface area contributed by atoms with Crippen molar-refractivity contribution in [2.45, 2.75) is 39.1 Å². The van der Waals surface area contributed by atoms with Crippen LogP contribution in [-0.4, -0.2) is 9.78 Å². The third-order valence-corrected chi connectivity index (χ3v) is 3.54. The molecule has 18 heavy (non-hydrogen) atoms. The van der Waals surface area contributed by atoms with Crippen LogP contribution >= 0.6 is 11.6 Å². The summed E-state index contributed by atoms with van der Waals surface area (Å²) in [7, 11) is 0. The van der Waals surface area contributed by atoms with Crippen LogP contribution in [0.4, 0.5) is 0 Å². The highest BCUT2D eigenvalue weighted by Crippen LogP contribution is 2.16. The zero-order valence-corrected chi connectivity index (χ0v) is 11.7. The van der Waals surface area contributed by atoms with E-state index in [0.29, 0.717) is 5.88 Å². The fraction of sp³-hybridized carbons (Fsp3) is 0.400. The number of benzene rings is 1. The lowest BCUT2D eigenvalue weighted by Crippen LogP contribution is -2.08. The summed E-state index contributed by atoms with van der Waals surface area (Å²) in [6.07, 6.45) is 4.05. The molecule has 2 aromatic rings. The van der Waals surface area contributed by atoms with E-state index in [1.165, 1.54) is 16.8 Å². The maximum Gasteiger partial charge on any atom is 0.0665 e. The Hall–Kier alpha value is -1.28. The second kappa shape index (κ2) is 6.05. The molecule has 0 atom stereocenters. The molecule has 0 fully saturated rings. The van der Waals surface area contributed by atoms with E-state index in [9.17, 15) is 0 Å². The van der Waals surface area contributed by atoms with Crippen LogP contribution in [0.15, 0.2) is 30.5 Å². The fourth-order valence-corrected chi connectivity index (χ4v) is 2.40. The maximum absolute atomic E-state index is 5.96. The van der Waals surface area contributed by atoms with Gasteiger partial charge in [0.2, 0.25) is 0 Å². The van der Waals surface area contributed by atoms with Crippen molar-refractivity contribution in [2.75, 3.05) is 0 Å². The number of hydrogen-bond donors (Lipinski definition) is 0. The fourth-order valence-electron chi connectivity index (χ4n) is 2.17. The molecule has 0 bridgehead atoms. The third kappa shape index (κ3) is 2.75. The van der Waals surface area contributed by atoms with Gasteiger partial charge in [-0.3, -0.25) is 4.68 Å². The Labute approximate surface area is 114 Å². The van der Waals surface area contributed by atoms with Gasteiger partial charge in [0.05, 0.1) is 18.6 Å². The lowest BCUT2D eigenvalue weighted by Gasteiger charge is -2.10. The molecule has 0 aliphatic rings. The van der Waals surface area contributed by atoms with Gasteiger partial charge in [-0.1, -0.05) is 37.6 Å². The third-order valence-electron chi connectivity index (χ3n) is 3.25. The van der Waals surface area contributed by atoms with Crippen molar-refractivity contribution in [2.24, 2.45) is 0 Å². The predicted octanol–water partition coefficient (Wildman–Crippen LogP) is 3.93. The number of nitrogens with zero attached hydrogens (tertiary/aromatic N) is 2. The van der Waals surface area contributed by atoms with Gasteiger partial charge in [-0.2, -0.15) is 5.10 Å². The van der Waals surface area contributed by atoms with Crippen molar-refractivity contribution in [3.05, 3.63) is 52.8 Å². The standard InChI is InChI=1S/C15H19ClN2/c1-3-6-15-14(9-16)10-17-18(15)11-13-8-5-4-7-12(13)2/h4-5,7-8,10H,3,6,9,11H2,1-2H3. The Morgan fingerprint density at radius 3 is 2.67 bits per heavy atom. The number of alkyl halides is 1. The highest BCUT2D eigenvalue weighted by atomic mass is 35.5. The molecular weight excluding hydrogens is 244 g/mol. The monoisotopic (exact) mass is 262 g/mol. The lowest BCUT2D eigenvalue weighted by atomic mass is 10.1. The second-order valence-electron chi connectivity index (χ2n) is 4.58. The minimum atomic E-state index is 0.545. The van der Waals surface area contributed by atoms with Crippen LogP contribution in [0.2, 0.25) is 0 Å². The first kappa shape index (κ1) is 13.2. The van der Waals surface area contributed by atoms with E-state index in [1.807, 2.05) is 6.20 Å². The molecule has 96 valence electrons. The van der Waals surface area contributed by atoms with Crippen molar-refractivity contribution in [1.82, 2.24) is 9.78 Å². The van der Waals surface area contributed by atoms with E-state index in [1.54, 1.807) is 0 Å². The van der Waals surface area contributed by atoms with Gasteiger partial charge in [0.15, 0.2) is 0 Å². The summed E-state index contributed by atoms with van der Waals surface area (Å²) in [4.78, 5) is 0. The molecule has 1 heterocycles. The van der Waals surface area contributed by atoms with Gasteiger partial charge < -0.3 is 0 Å². The average molecular weight is 263 g/mol. The van der Waals surface area contributed by atoms with Gasteiger partial charge in [0.25, 0.3) is 0 Å². The summed E-state index contributed by atoms with van der Waals surface area (Å²) in [5.41, 5.74) is 5.06. The molecule has 1 aromatic carbocycles. The smallest absolute Gasteiger partial charge is 0.0665 e. The topological polar surface area (TPSA) is 17.8 Å². The molecule has 1 aromatic heterocycles. The number of aryl methyl sites for hydroxylation is 1. The Morgan fingerprint density at radius 1 is 1.22 bits per heavy atom. The van der Waals surface area contributed by atoms with E-state index in [-0.39, 0.29) is 0 Å². The minimum absolute atomic E-state index is 0.545. The van der Waals surface area contributed by atoms with Crippen LogP contribution in [0.25, 0.3) is 0 Å². The van der Waals surface area contributed by atoms with Crippen LogP contribution in [0, 0.1) is 6.92 Å². The van der Waals surface area contributed by atoms with Gasteiger partial charge in [-0.25, -0.2) is 0 Å². The van der Waals surface area contributed by atoms with Crippen molar-refractivity contribution < 1.29 is 0 Å². The summed E-state index contributed by atoms with van der Waals surface area (Å²) >= 11 is 5.96. The Balaban J connectivity index is 2.29. The van der Waals surface area contributed by atoms with Crippen molar-refractivity contribution >= 4 is 11.6 Å². The molecule has 0 unspecified atom stereocenters. The number of aromatic nitrogens is 2. The molecule has 3 heteroatoms. The zero-order chi connectivity index (χ0) is 13.0. The van der Waals surface area contributed by atoms with Gasteiger partial charge in [0, 0.05) is 11.3 Å². The van der Waals surface area contributed by atoms with E-state index in [0.717, 1.165) is 24.9 Å². The largest absolute Gasteiger partial charge is 0.265 e. The number of rotatable bonds is 5. The van der Waals surface area contributed by atoms with Gasteiger partial charge in [0.1, 0.15) is 0 Å². The molecule has 0 aliphatic carbocycles. The Bertz CT molecular complexity index is 517. The lowest BCUT2D eigenvalue weighted by molar-refractivity contribution is 0.634. The molecule has 0 aliphatic heterocycles. The first-order chi connectivity index (χ1) is 8.76. The summed E-state index contributed by atoms with van der Waals surface area (Å²) in [5, 5.41) is 4.47. The Kier molecular flexibility index (Phi) is 4.43. The summed E-state index contributed by atoms with van der Waals surface area (Å²) in [6.45, 7) is 5.16. The summed E-state index contributed by atoms with van der Waals surface area (Å²) in [6, 6.07) is 8.45.